The molecule has 3 rings (SSSR count). The van der Waals surface area contributed by atoms with Gasteiger partial charge in [-0.3, -0.25) is 0 Å². The summed E-state index contributed by atoms with van der Waals surface area (Å²) in [5.74, 6) is 2.17. The van der Waals surface area contributed by atoms with Gasteiger partial charge in [-0.25, -0.2) is 0 Å². The van der Waals surface area contributed by atoms with Crippen molar-refractivity contribution < 1.29 is 0 Å². The third-order valence-corrected chi connectivity index (χ3v) is 4.83. The second-order valence-electron chi connectivity index (χ2n) is 6.73. The number of likely N-dealkylation sites (N-methyl/N-ethyl adjacent to an activating group) is 1. The first-order chi connectivity index (χ1) is 10.1. The van der Waals surface area contributed by atoms with Gasteiger partial charge in [0.1, 0.15) is 0 Å². The van der Waals surface area contributed by atoms with Crippen molar-refractivity contribution in [2.75, 3.05) is 20.1 Å². The minimum absolute atomic E-state index is 0.665. The van der Waals surface area contributed by atoms with Crippen LogP contribution in [0, 0.1) is 11.8 Å². The molecule has 1 saturated heterocycles. The maximum atomic E-state index is 2.48. The SMILES string of the molecule is CC(C)[C@@H]1CN(C)C[C@H]1c1cccc(-c2ccccc2)c1. The summed E-state index contributed by atoms with van der Waals surface area (Å²) in [6, 6.07) is 19.8. The van der Waals surface area contributed by atoms with Crippen molar-refractivity contribution in [3.8, 4) is 11.1 Å². The molecule has 1 heterocycles. The van der Waals surface area contributed by atoms with E-state index in [4.69, 9.17) is 0 Å². The number of nitrogens with zero attached hydrogens (tertiary/aromatic N) is 1. The molecule has 0 spiro atoms. The standard InChI is InChI=1S/C20H25N/c1-15(2)19-13-21(3)14-20(19)18-11-7-10-17(12-18)16-8-5-4-6-9-16/h4-12,15,19-20H,13-14H2,1-3H3/t19-,20-/m0/s1. The lowest BCUT2D eigenvalue weighted by molar-refractivity contribution is 0.344. The molecule has 0 amide bonds. The molecule has 0 N–H and O–H groups in total. The zero-order chi connectivity index (χ0) is 14.8. The van der Waals surface area contributed by atoms with Crippen molar-refractivity contribution in [2.45, 2.75) is 19.8 Å². The van der Waals surface area contributed by atoms with Crippen LogP contribution in [0.25, 0.3) is 11.1 Å². The number of rotatable bonds is 3. The first kappa shape index (κ1) is 14.3. The fraction of sp³-hybridized carbons (Fsp3) is 0.400. The second kappa shape index (κ2) is 6.03. The maximum absolute atomic E-state index is 2.48. The molecule has 21 heavy (non-hydrogen) atoms. The Labute approximate surface area is 128 Å². The lowest BCUT2D eigenvalue weighted by Gasteiger charge is -2.22. The monoisotopic (exact) mass is 279 g/mol. The molecule has 1 nitrogen and oxygen atoms in total. The lowest BCUT2D eigenvalue weighted by Crippen LogP contribution is -2.17. The molecule has 110 valence electrons. The second-order valence-corrected chi connectivity index (χ2v) is 6.73. The number of likely N-dealkylation sites (tertiary alicyclic amines) is 1. The quantitative estimate of drug-likeness (QED) is 0.790. The van der Waals surface area contributed by atoms with Crippen LogP contribution in [-0.2, 0) is 0 Å². The molecule has 1 aliphatic rings. The average molecular weight is 279 g/mol. The third kappa shape index (κ3) is 3.03. The fourth-order valence-electron chi connectivity index (χ4n) is 3.64. The van der Waals surface area contributed by atoms with E-state index < -0.39 is 0 Å². The van der Waals surface area contributed by atoms with E-state index in [-0.39, 0.29) is 0 Å². The van der Waals surface area contributed by atoms with Crippen LogP contribution in [0.15, 0.2) is 54.6 Å². The molecule has 0 saturated carbocycles. The average Bonchev–Trinajstić information content (AvgIpc) is 2.91. The maximum Gasteiger partial charge on any atom is 0.00506 e. The first-order valence-electron chi connectivity index (χ1n) is 7.99. The molecule has 1 fully saturated rings. The summed E-state index contributed by atoms with van der Waals surface area (Å²) in [6.45, 7) is 7.12. The fourth-order valence-corrected chi connectivity index (χ4v) is 3.64. The highest BCUT2D eigenvalue weighted by Crippen LogP contribution is 2.37. The van der Waals surface area contributed by atoms with Gasteiger partial charge in [0.15, 0.2) is 0 Å². The summed E-state index contributed by atoms with van der Waals surface area (Å²) >= 11 is 0. The summed E-state index contributed by atoms with van der Waals surface area (Å²) in [4.78, 5) is 2.48. The molecule has 2 aromatic rings. The summed E-state index contributed by atoms with van der Waals surface area (Å²) in [5, 5.41) is 0. The van der Waals surface area contributed by atoms with E-state index in [0.29, 0.717) is 5.92 Å². The topological polar surface area (TPSA) is 3.24 Å². The molecule has 2 aromatic carbocycles. The van der Waals surface area contributed by atoms with E-state index in [0.717, 1.165) is 11.8 Å². The zero-order valence-corrected chi connectivity index (χ0v) is 13.3. The summed E-state index contributed by atoms with van der Waals surface area (Å²) in [6.07, 6.45) is 0. The molecule has 0 radical (unpaired) electrons. The highest BCUT2D eigenvalue weighted by atomic mass is 15.1. The molecule has 1 aliphatic heterocycles. The minimum Gasteiger partial charge on any atom is -0.305 e. The van der Waals surface area contributed by atoms with E-state index in [1.807, 2.05) is 0 Å². The Morgan fingerprint density at radius 2 is 1.62 bits per heavy atom. The van der Waals surface area contributed by atoms with E-state index in [1.54, 1.807) is 0 Å². The van der Waals surface area contributed by atoms with Crippen molar-refractivity contribution in [1.82, 2.24) is 4.90 Å². The van der Waals surface area contributed by atoms with Gasteiger partial charge in [-0.05, 0) is 35.6 Å². The van der Waals surface area contributed by atoms with Gasteiger partial charge < -0.3 is 4.90 Å². The van der Waals surface area contributed by atoms with Gasteiger partial charge in [0.25, 0.3) is 0 Å². The largest absolute Gasteiger partial charge is 0.305 e. The molecular weight excluding hydrogens is 254 g/mol. The number of hydrogen-bond acceptors (Lipinski definition) is 1. The molecule has 0 unspecified atom stereocenters. The molecule has 0 bridgehead atoms. The Hall–Kier alpha value is -1.60. The van der Waals surface area contributed by atoms with Crippen LogP contribution in [0.4, 0.5) is 0 Å². The lowest BCUT2D eigenvalue weighted by atomic mass is 9.81. The molecule has 1 heteroatoms. The summed E-state index contributed by atoms with van der Waals surface area (Å²) in [7, 11) is 2.25. The minimum atomic E-state index is 0.665. The van der Waals surface area contributed by atoms with Crippen molar-refractivity contribution in [1.29, 1.82) is 0 Å². The number of benzene rings is 2. The Bertz CT molecular complexity index is 588. The van der Waals surface area contributed by atoms with Gasteiger partial charge in [0.2, 0.25) is 0 Å². The number of hydrogen-bond donors (Lipinski definition) is 0. The van der Waals surface area contributed by atoms with Crippen LogP contribution in [-0.4, -0.2) is 25.0 Å². The smallest absolute Gasteiger partial charge is 0.00506 e. The summed E-state index contributed by atoms with van der Waals surface area (Å²) in [5.41, 5.74) is 4.15. The summed E-state index contributed by atoms with van der Waals surface area (Å²) < 4.78 is 0. The van der Waals surface area contributed by atoms with E-state index >= 15 is 0 Å². The Balaban J connectivity index is 1.93. The predicted octanol–water partition coefficient (Wildman–Crippen LogP) is 4.65. The van der Waals surface area contributed by atoms with Crippen molar-refractivity contribution in [3.63, 3.8) is 0 Å². The van der Waals surface area contributed by atoms with Crippen LogP contribution in [0.1, 0.15) is 25.3 Å². The molecule has 0 aromatic heterocycles. The van der Waals surface area contributed by atoms with Crippen molar-refractivity contribution in [3.05, 3.63) is 60.2 Å². The normalized spacial score (nSPS) is 22.9. The Morgan fingerprint density at radius 3 is 2.33 bits per heavy atom. The van der Waals surface area contributed by atoms with Crippen LogP contribution in [0.2, 0.25) is 0 Å². The Kier molecular flexibility index (Phi) is 4.12. The van der Waals surface area contributed by atoms with Gasteiger partial charge in [-0.15, -0.1) is 0 Å². The highest BCUT2D eigenvalue weighted by Gasteiger charge is 2.33. The van der Waals surface area contributed by atoms with Gasteiger partial charge in [-0.1, -0.05) is 68.4 Å². The van der Waals surface area contributed by atoms with Crippen LogP contribution < -0.4 is 0 Å². The zero-order valence-electron chi connectivity index (χ0n) is 13.3. The van der Waals surface area contributed by atoms with E-state index in [9.17, 15) is 0 Å². The first-order valence-corrected chi connectivity index (χ1v) is 7.99. The van der Waals surface area contributed by atoms with Crippen LogP contribution >= 0.6 is 0 Å². The van der Waals surface area contributed by atoms with Crippen molar-refractivity contribution in [2.24, 2.45) is 11.8 Å². The van der Waals surface area contributed by atoms with Gasteiger partial charge in [0.05, 0.1) is 0 Å². The van der Waals surface area contributed by atoms with Crippen molar-refractivity contribution >= 4 is 0 Å². The van der Waals surface area contributed by atoms with E-state index in [2.05, 4.69) is 80.4 Å². The van der Waals surface area contributed by atoms with Gasteiger partial charge in [-0.2, -0.15) is 0 Å². The molecule has 2 atom stereocenters. The van der Waals surface area contributed by atoms with Gasteiger partial charge in [0, 0.05) is 19.0 Å². The third-order valence-electron chi connectivity index (χ3n) is 4.83. The predicted molar refractivity (Wildman–Crippen MR) is 90.4 cm³/mol. The van der Waals surface area contributed by atoms with Gasteiger partial charge >= 0.3 is 0 Å². The van der Waals surface area contributed by atoms with Crippen LogP contribution in [0.5, 0.6) is 0 Å². The van der Waals surface area contributed by atoms with E-state index in [1.165, 1.54) is 29.8 Å². The highest BCUT2D eigenvalue weighted by molar-refractivity contribution is 5.64. The Morgan fingerprint density at radius 1 is 0.905 bits per heavy atom. The van der Waals surface area contributed by atoms with Crippen LogP contribution in [0.3, 0.4) is 0 Å². The molecular formula is C20H25N. The molecule has 0 aliphatic carbocycles.